The Bertz CT molecular complexity index is 1170. The average molecular weight is 528 g/mol. The maximum atomic E-state index is 13.1. The van der Waals surface area contributed by atoms with Crippen molar-refractivity contribution in [3.8, 4) is 5.75 Å². The van der Waals surface area contributed by atoms with Crippen LogP contribution in [0.4, 0.5) is 16.2 Å². The summed E-state index contributed by atoms with van der Waals surface area (Å²) >= 11 is -0.428. The van der Waals surface area contributed by atoms with Crippen molar-refractivity contribution in [2.75, 3.05) is 18.4 Å². The molecule has 1 saturated carbocycles. The number of aryl methyl sites for hydroxylation is 1. The third-order valence-corrected chi connectivity index (χ3v) is 8.59. The van der Waals surface area contributed by atoms with E-state index in [1.165, 1.54) is 23.1 Å². The van der Waals surface area contributed by atoms with Crippen molar-refractivity contribution >= 4 is 43.7 Å². The fraction of sp³-hybridized carbons (Fsp3) is 0.348. The van der Waals surface area contributed by atoms with Gasteiger partial charge in [-0.25, -0.2) is 4.79 Å². The molecular formula is C23H23AsN3O7. The van der Waals surface area contributed by atoms with Crippen LogP contribution in [-0.2, 0) is 0 Å². The molecule has 0 bridgehead atoms. The predicted octanol–water partition coefficient (Wildman–Crippen LogP) is 3.71. The Balaban J connectivity index is 1.53. The zero-order chi connectivity index (χ0) is 24.4. The van der Waals surface area contributed by atoms with E-state index in [2.05, 4.69) is 5.32 Å². The van der Waals surface area contributed by atoms with Crippen LogP contribution in [0.25, 0.3) is 0 Å². The minimum absolute atomic E-state index is 0.0996. The summed E-state index contributed by atoms with van der Waals surface area (Å²) in [5, 5.41) is 23.3. The SMILES string of the molecule is Cc1ccc(C(=O)[As]C2CC2)cc1NC(=O)c1cc(O[C@@H]2CCN(C(=O)O)C2)ccc1[N+](=O)[O-]. The van der Waals surface area contributed by atoms with Crippen molar-refractivity contribution in [3.63, 3.8) is 0 Å². The molecule has 34 heavy (non-hydrogen) atoms. The first-order valence-electron chi connectivity index (χ1n) is 10.8. The Morgan fingerprint density at radius 2 is 1.94 bits per heavy atom. The predicted molar refractivity (Wildman–Crippen MR) is 124 cm³/mol. The number of anilines is 1. The molecule has 1 saturated heterocycles. The Kier molecular flexibility index (Phi) is 6.88. The fourth-order valence-electron chi connectivity index (χ4n) is 3.64. The Hall–Kier alpha value is -3.39. The van der Waals surface area contributed by atoms with Gasteiger partial charge in [0.2, 0.25) is 0 Å². The van der Waals surface area contributed by atoms with Crippen LogP contribution in [-0.4, -0.2) is 66.4 Å². The van der Waals surface area contributed by atoms with Gasteiger partial charge in [-0.15, -0.1) is 0 Å². The molecule has 2 N–H and O–H groups in total. The number of amides is 2. The number of likely N-dealkylation sites (tertiary alicyclic amines) is 1. The van der Waals surface area contributed by atoms with Crippen molar-refractivity contribution in [1.29, 1.82) is 0 Å². The van der Waals surface area contributed by atoms with Gasteiger partial charge in [0.25, 0.3) is 0 Å². The summed E-state index contributed by atoms with van der Waals surface area (Å²) in [6.07, 6.45) is 1.22. The molecule has 11 heteroatoms. The molecule has 10 nitrogen and oxygen atoms in total. The van der Waals surface area contributed by atoms with E-state index in [4.69, 9.17) is 9.84 Å². The summed E-state index contributed by atoms with van der Waals surface area (Å²) in [7, 11) is 0. The van der Waals surface area contributed by atoms with E-state index in [1.54, 1.807) is 25.1 Å². The number of carboxylic acid groups (broad SMARTS) is 1. The molecule has 1 radical (unpaired) electrons. The van der Waals surface area contributed by atoms with Crippen LogP contribution in [0.3, 0.4) is 0 Å². The average Bonchev–Trinajstić information content (AvgIpc) is 3.48. The number of benzene rings is 2. The maximum absolute atomic E-state index is 13.1. The van der Waals surface area contributed by atoms with Crippen LogP contribution >= 0.6 is 0 Å². The molecule has 2 aliphatic rings. The molecule has 2 fully saturated rings. The summed E-state index contributed by atoms with van der Waals surface area (Å²) < 4.78 is 6.42. The number of nitro benzene ring substituents is 1. The van der Waals surface area contributed by atoms with E-state index in [-0.39, 0.29) is 28.1 Å². The van der Waals surface area contributed by atoms with Crippen molar-refractivity contribution in [2.45, 2.75) is 37.0 Å². The van der Waals surface area contributed by atoms with Crippen LogP contribution in [0, 0.1) is 17.0 Å². The summed E-state index contributed by atoms with van der Waals surface area (Å²) in [4.78, 5) is 48.8. The molecule has 2 amide bonds. The van der Waals surface area contributed by atoms with Crippen molar-refractivity contribution in [2.24, 2.45) is 0 Å². The van der Waals surface area contributed by atoms with Crippen molar-refractivity contribution in [3.05, 3.63) is 63.2 Å². The molecule has 1 heterocycles. The molecule has 1 aliphatic heterocycles. The quantitative estimate of drug-likeness (QED) is 0.303. The van der Waals surface area contributed by atoms with Gasteiger partial charge in [-0.2, -0.15) is 0 Å². The van der Waals surface area contributed by atoms with E-state index in [1.807, 2.05) is 0 Å². The summed E-state index contributed by atoms with van der Waals surface area (Å²) in [6, 6.07) is 8.99. The molecule has 1 aliphatic carbocycles. The molecule has 0 spiro atoms. The first-order chi connectivity index (χ1) is 16.2. The van der Waals surface area contributed by atoms with Gasteiger partial charge >= 0.3 is 181 Å². The Labute approximate surface area is 202 Å². The second-order valence-electron chi connectivity index (χ2n) is 8.34. The van der Waals surface area contributed by atoms with E-state index in [0.717, 1.165) is 18.4 Å². The molecule has 177 valence electrons. The van der Waals surface area contributed by atoms with Crippen molar-refractivity contribution < 1.29 is 29.2 Å². The van der Waals surface area contributed by atoms with Gasteiger partial charge in [-0.1, -0.05) is 0 Å². The van der Waals surface area contributed by atoms with Crippen LogP contribution in [0.15, 0.2) is 36.4 Å². The molecule has 2 aromatic carbocycles. The van der Waals surface area contributed by atoms with E-state index in [9.17, 15) is 24.5 Å². The van der Waals surface area contributed by atoms with Crippen LogP contribution in [0.5, 0.6) is 5.75 Å². The number of carbonyl (C=O) groups excluding carboxylic acids is 2. The minimum atomic E-state index is -1.04. The first-order valence-corrected chi connectivity index (χ1v) is 12.8. The van der Waals surface area contributed by atoms with Crippen LogP contribution < -0.4 is 10.1 Å². The summed E-state index contributed by atoms with van der Waals surface area (Å²) in [6.45, 7) is 2.29. The monoisotopic (exact) mass is 528 g/mol. The van der Waals surface area contributed by atoms with Crippen LogP contribution in [0.1, 0.15) is 45.5 Å². The summed E-state index contributed by atoms with van der Waals surface area (Å²) in [5.41, 5.74) is 1.11. The standard InChI is InChI=1S/C23H23AsN3O7/c1-13-2-3-14(21(28)24-15-4-5-15)10-19(13)25-22(29)18-11-16(6-7-20(18)27(32)33)34-17-8-9-26(12-17)23(30)31/h2-3,6-7,10-11,15,17H,4-5,8-9,12H2,1H3,(H,25,29)(H,30,31)/t17-/m1/s1. The molecule has 0 aromatic heterocycles. The summed E-state index contributed by atoms with van der Waals surface area (Å²) in [5.74, 6) is -0.457. The van der Waals surface area contributed by atoms with E-state index in [0.29, 0.717) is 28.9 Å². The molecule has 2 aromatic rings. The third-order valence-electron chi connectivity index (χ3n) is 5.71. The second kappa shape index (κ2) is 9.85. The van der Waals surface area contributed by atoms with E-state index >= 15 is 0 Å². The van der Waals surface area contributed by atoms with Crippen molar-refractivity contribution in [1.82, 2.24) is 4.90 Å². The third kappa shape index (κ3) is 5.56. The fourth-order valence-corrected chi connectivity index (χ4v) is 5.80. The van der Waals surface area contributed by atoms with Gasteiger partial charge in [0.15, 0.2) is 0 Å². The van der Waals surface area contributed by atoms with Gasteiger partial charge in [0.1, 0.15) is 0 Å². The number of nitrogens with one attached hydrogen (secondary N) is 1. The first kappa shape index (κ1) is 23.8. The molecular weight excluding hydrogens is 505 g/mol. The zero-order valence-electron chi connectivity index (χ0n) is 18.4. The number of ether oxygens (including phenoxy) is 1. The zero-order valence-corrected chi connectivity index (χ0v) is 20.3. The number of carbonyl (C=O) groups is 3. The normalized spacial score (nSPS) is 17.7. The van der Waals surface area contributed by atoms with Gasteiger partial charge in [0, 0.05) is 6.54 Å². The van der Waals surface area contributed by atoms with Crippen LogP contribution in [0.2, 0.25) is 4.71 Å². The molecule has 0 unspecified atom stereocenters. The topological polar surface area (TPSA) is 139 Å². The number of rotatable bonds is 8. The van der Waals surface area contributed by atoms with Gasteiger partial charge in [-0.05, 0) is 0 Å². The van der Waals surface area contributed by atoms with E-state index < -0.39 is 38.8 Å². The number of nitro groups is 1. The van der Waals surface area contributed by atoms with Gasteiger partial charge in [0.05, 0.1) is 0 Å². The van der Waals surface area contributed by atoms with Gasteiger partial charge in [-0.3, -0.25) is 0 Å². The number of nitrogens with zero attached hydrogens (tertiary/aromatic N) is 2. The molecule has 4 rings (SSSR count). The second-order valence-corrected chi connectivity index (χ2v) is 11.3. The Morgan fingerprint density at radius 1 is 1.18 bits per heavy atom. The van der Waals surface area contributed by atoms with Gasteiger partial charge < -0.3 is 10.0 Å². The number of hydrogen-bond donors (Lipinski definition) is 2. The Morgan fingerprint density at radius 3 is 2.59 bits per heavy atom. The number of hydrogen-bond acceptors (Lipinski definition) is 6. The molecule has 1 atom stereocenters.